The molecular formula is C13H22N2OS. The van der Waals surface area contributed by atoms with Crippen molar-refractivity contribution in [2.45, 2.75) is 45.3 Å². The number of aromatic nitrogens is 1. The Hall–Kier alpha value is -0.610. The minimum Gasteiger partial charge on any atom is -0.354 e. The Bertz CT molecular complexity index is 365. The highest BCUT2D eigenvalue weighted by Gasteiger charge is 2.16. The normalized spacial score (nSPS) is 25.0. The molecule has 0 aromatic carbocycles. The Kier molecular flexibility index (Phi) is 4.80. The first-order chi connectivity index (χ1) is 8.28. The maximum atomic E-state index is 11.2. The lowest BCUT2D eigenvalue weighted by Gasteiger charge is -2.22. The lowest BCUT2D eigenvalue weighted by atomic mass is 10.1. The molecule has 3 nitrogen and oxygen atoms in total. The molecule has 96 valence electrons. The van der Waals surface area contributed by atoms with E-state index in [0.717, 1.165) is 37.4 Å². The van der Waals surface area contributed by atoms with Crippen LogP contribution in [0.15, 0.2) is 18.5 Å². The topological polar surface area (TPSA) is 34.0 Å². The average Bonchev–Trinajstić information content (AvgIpc) is 2.77. The molecule has 0 aliphatic carbocycles. The van der Waals surface area contributed by atoms with Crippen molar-refractivity contribution in [2.75, 3.05) is 11.5 Å². The molecule has 0 atom stereocenters. The molecule has 0 radical (unpaired) electrons. The van der Waals surface area contributed by atoms with Crippen LogP contribution in [0.1, 0.15) is 31.7 Å². The van der Waals surface area contributed by atoms with E-state index >= 15 is 0 Å². The molecule has 0 unspecified atom stereocenters. The van der Waals surface area contributed by atoms with Gasteiger partial charge in [0.1, 0.15) is 0 Å². The largest absolute Gasteiger partial charge is 0.354 e. The Morgan fingerprint density at radius 2 is 2.24 bits per heavy atom. The predicted octanol–water partition coefficient (Wildman–Crippen LogP) is 1.90. The smallest absolute Gasteiger partial charge is 0.0249 e. The van der Waals surface area contributed by atoms with Crippen LogP contribution in [0.25, 0.3) is 0 Å². The van der Waals surface area contributed by atoms with Gasteiger partial charge < -0.3 is 9.88 Å². The van der Waals surface area contributed by atoms with E-state index in [1.807, 2.05) is 0 Å². The molecule has 0 spiro atoms. The molecule has 1 fully saturated rings. The Balaban J connectivity index is 1.75. The van der Waals surface area contributed by atoms with Crippen molar-refractivity contribution in [2.24, 2.45) is 0 Å². The van der Waals surface area contributed by atoms with Gasteiger partial charge in [-0.05, 0) is 30.9 Å². The summed E-state index contributed by atoms with van der Waals surface area (Å²) in [4.78, 5) is 0. The van der Waals surface area contributed by atoms with Crippen LogP contribution < -0.4 is 5.32 Å². The van der Waals surface area contributed by atoms with Crippen LogP contribution in [-0.2, 0) is 23.9 Å². The standard InChI is InChI=1S/C13H22N2OS/c1-2-6-15-7-3-12(11-15)10-14-13-4-8-17(16)9-5-13/h3,7,11,13-14H,2,4-6,8-10H2,1H3. The van der Waals surface area contributed by atoms with E-state index in [4.69, 9.17) is 0 Å². The lowest BCUT2D eigenvalue weighted by molar-refractivity contribution is 0.475. The number of hydrogen-bond acceptors (Lipinski definition) is 2. The maximum absolute atomic E-state index is 11.2. The van der Waals surface area contributed by atoms with Crippen molar-refractivity contribution >= 4 is 10.8 Å². The second kappa shape index (κ2) is 6.36. The van der Waals surface area contributed by atoms with E-state index in [1.54, 1.807) is 0 Å². The minimum absolute atomic E-state index is 0.552. The summed E-state index contributed by atoms with van der Waals surface area (Å²) < 4.78 is 13.5. The van der Waals surface area contributed by atoms with Crippen LogP contribution in [0.3, 0.4) is 0 Å². The van der Waals surface area contributed by atoms with Gasteiger partial charge in [-0.2, -0.15) is 0 Å². The number of aryl methyl sites for hydroxylation is 1. The molecule has 1 aliphatic heterocycles. The van der Waals surface area contributed by atoms with Crippen LogP contribution in [0, 0.1) is 0 Å². The SMILES string of the molecule is CCCn1ccc(CNC2CCS(=O)CC2)c1. The maximum Gasteiger partial charge on any atom is 0.0249 e. The molecule has 1 aromatic rings. The zero-order chi connectivity index (χ0) is 12.1. The Morgan fingerprint density at radius 3 is 2.94 bits per heavy atom. The Labute approximate surface area is 106 Å². The van der Waals surface area contributed by atoms with Crippen molar-refractivity contribution < 1.29 is 4.21 Å². The minimum atomic E-state index is -0.552. The predicted molar refractivity (Wildman–Crippen MR) is 72.5 cm³/mol. The molecule has 2 heterocycles. The van der Waals surface area contributed by atoms with Gasteiger partial charge in [0, 0.05) is 53.8 Å². The van der Waals surface area contributed by atoms with E-state index in [0.29, 0.717) is 6.04 Å². The highest BCUT2D eigenvalue weighted by atomic mass is 32.2. The zero-order valence-electron chi connectivity index (χ0n) is 10.5. The average molecular weight is 254 g/mol. The van der Waals surface area contributed by atoms with Crippen LogP contribution >= 0.6 is 0 Å². The van der Waals surface area contributed by atoms with E-state index in [2.05, 4.69) is 35.3 Å². The molecule has 17 heavy (non-hydrogen) atoms. The van der Waals surface area contributed by atoms with Crippen molar-refractivity contribution in [3.05, 3.63) is 24.0 Å². The van der Waals surface area contributed by atoms with Crippen molar-refractivity contribution in [1.82, 2.24) is 9.88 Å². The highest BCUT2D eigenvalue weighted by Crippen LogP contribution is 2.10. The molecule has 4 heteroatoms. The van der Waals surface area contributed by atoms with Crippen LogP contribution in [0.5, 0.6) is 0 Å². The fourth-order valence-electron chi connectivity index (χ4n) is 2.25. The van der Waals surface area contributed by atoms with Gasteiger partial charge in [0.05, 0.1) is 0 Å². The molecule has 1 saturated heterocycles. The van der Waals surface area contributed by atoms with Crippen LogP contribution in [-0.4, -0.2) is 26.3 Å². The fourth-order valence-corrected chi connectivity index (χ4v) is 3.55. The molecule has 0 amide bonds. The summed E-state index contributed by atoms with van der Waals surface area (Å²) in [5.41, 5.74) is 1.35. The van der Waals surface area contributed by atoms with Crippen molar-refractivity contribution in [1.29, 1.82) is 0 Å². The molecule has 0 bridgehead atoms. The summed E-state index contributed by atoms with van der Waals surface area (Å²) in [6, 6.07) is 2.74. The first-order valence-corrected chi connectivity index (χ1v) is 7.99. The quantitative estimate of drug-likeness (QED) is 0.871. The molecule has 2 rings (SSSR count). The third-order valence-electron chi connectivity index (χ3n) is 3.28. The van der Waals surface area contributed by atoms with Crippen LogP contribution in [0.2, 0.25) is 0 Å². The molecule has 1 aliphatic rings. The van der Waals surface area contributed by atoms with Crippen molar-refractivity contribution in [3.8, 4) is 0 Å². The Morgan fingerprint density at radius 1 is 1.47 bits per heavy atom. The van der Waals surface area contributed by atoms with Gasteiger partial charge in [0.25, 0.3) is 0 Å². The lowest BCUT2D eigenvalue weighted by Crippen LogP contribution is -2.35. The second-order valence-electron chi connectivity index (χ2n) is 4.76. The molecular weight excluding hydrogens is 232 g/mol. The van der Waals surface area contributed by atoms with E-state index < -0.39 is 10.8 Å². The number of nitrogens with one attached hydrogen (secondary N) is 1. The fraction of sp³-hybridized carbons (Fsp3) is 0.692. The van der Waals surface area contributed by atoms with Gasteiger partial charge in [-0.1, -0.05) is 6.92 Å². The van der Waals surface area contributed by atoms with Gasteiger partial charge in [-0.3, -0.25) is 4.21 Å². The third-order valence-corrected chi connectivity index (χ3v) is 4.66. The zero-order valence-corrected chi connectivity index (χ0v) is 11.3. The van der Waals surface area contributed by atoms with Gasteiger partial charge in [-0.25, -0.2) is 0 Å². The first kappa shape index (κ1) is 12.8. The molecule has 0 saturated carbocycles. The molecule has 1 N–H and O–H groups in total. The van der Waals surface area contributed by atoms with Gasteiger partial charge >= 0.3 is 0 Å². The van der Waals surface area contributed by atoms with E-state index in [1.165, 1.54) is 12.0 Å². The van der Waals surface area contributed by atoms with Gasteiger partial charge in [-0.15, -0.1) is 0 Å². The number of rotatable bonds is 5. The summed E-state index contributed by atoms with van der Waals surface area (Å²) in [7, 11) is -0.552. The monoisotopic (exact) mass is 254 g/mol. The highest BCUT2D eigenvalue weighted by molar-refractivity contribution is 7.85. The second-order valence-corrected chi connectivity index (χ2v) is 6.46. The van der Waals surface area contributed by atoms with E-state index in [-0.39, 0.29) is 0 Å². The molecule has 1 aromatic heterocycles. The summed E-state index contributed by atoms with van der Waals surface area (Å²) >= 11 is 0. The van der Waals surface area contributed by atoms with Gasteiger partial charge in [0.2, 0.25) is 0 Å². The first-order valence-electron chi connectivity index (χ1n) is 6.51. The summed E-state index contributed by atoms with van der Waals surface area (Å²) in [6.07, 6.45) is 7.66. The summed E-state index contributed by atoms with van der Waals surface area (Å²) in [5.74, 6) is 1.74. The number of nitrogens with zero attached hydrogens (tertiary/aromatic N) is 1. The van der Waals surface area contributed by atoms with Crippen LogP contribution in [0.4, 0.5) is 0 Å². The summed E-state index contributed by atoms with van der Waals surface area (Å²) in [5, 5.41) is 3.57. The summed E-state index contributed by atoms with van der Waals surface area (Å²) in [6.45, 7) is 4.23. The van der Waals surface area contributed by atoms with E-state index in [9.17, 15) is 4.21 Å². The van der Waals surface area contributed by atoms with Crippen molar-refractivity contribution in [3.63, 3.8) is 0 Å². The third kappa shape index (κ3) is 3.96. The number of hydrogen-bond donors (Lipinski definition) is 1. The van der Waals surface area contributed by atoms with Gasteiger partial charge in [0.15, 0.2) is 0 Å².